The van der Waals surface area contributed by atoms with E-state index in [1.54, 1.807) is 4.90 Å². The van der Waals surface area contributed by atoms with Gasteiger partial charge in [-0.05, 0) is 42.6 Å². The van der Waals surface area contributed by atoms with E-state index in [9.17, 15) is 24.0 Å². The fourth-order valence-corrected chi connectivity index (χ4v) is 5.29. The van der Waals surface area contributed by atoms with Gasteiger partial charge in [-0.1, -0.05) is 51.1 Å². The average molecular weight is 499 g/mol. The summed E-state index contributed by atoms with van der Waals surface area (Å²) < 4.78 is 5.04. The van der Waals surface area contributed by atoms with Gasteiger partial charge in [0.05, 0.1) is 0 Å². The van der Waals surface area contributed by atoms with Gasteiger partial charge in [0.25, 0.3) is 11.8 Å². The molecule has 1 spiro atoms. The Balaban J connectivity index is 1.26. The summed E-state index contributed by atoms with van der Waals surface area (Å²) in [7, 11) is 0. The van der Waals surface area contributed by atoms with Crippen LogP contribution in [0.2, 0.25) is 0 Å². The van der Waals surface area contributed by atoms with Gasteiger partial charge >= 0.3 is 18.0 Å². The van der Waals surface area contributed by atoms with Crippen LogP contribution in [0.1, 0.15) is 52.0 Å². The smallest absolute Gasteiger partial charge is 0.327 e. The topological polar surface area (TPSA) is 116 Å². The molecule has 1 aromatic carbocycles. The van der Waals surface area contributed by atoms with Crippen molar-refractivity contribution < 1.29 is 28.7 Å². The molecule has 2 heterocycles. The molecule has 6 amide bonds. The number of carbonyl (C=O) groups excluding carboxylic acids is 5. The van der Waals surface area contributed by atoms with Gasteiger partial charge in [0, 0.05) is 19.6 Å². The first kappa shape index (κ1) is 25.7. The molecule has 3 aliphatic rings. The summed E-state index contributed by atoms with van der Waals surface area (Å²) >= 11 is 0. The highest BCUT2D eigenvalue weighted by molar-refractivity contribution is 6.08. The molecule has 0 aromatic heterocycles. The lowest BCUT2D eigenvalue weighted by molar-refractivity contribution is -0.153. The lowest BCUT2D eigenvalue weighted by Gasteiger charge is -2.40. The van der Waals surface area contributed by atoms with Crippen molar-refractivity contribution in [2.45, 2.75) is 58.5 Å². The number of benzene rings is 1. The molecule has 2 aliphatic heterocycles. The Kier molecular flexibility index (Phi) is 7.06. The summed E-state index contributed by atoms with van der Waals surface area (Å²) in [5.74, 6) is -1.48. The second kappa shape index (κ2) is 9.91. The minimum absolute atomic E-state index is 0.124. The van der Waals surface area contributed by atoms with E-state index in [4.69, 9.17) is 4.74 Å². The van der Waals surface area contributed by atoms with Crippen LogP contribution in [0, 0.1) is 11.3 Å². The van der Waals surface area contributed by atoms with E-state index >= 15 is 0 Å². The quantitative estimate of drug-likeness (QED) is 0.476. The molecule has 0 radical (unpaired) electrons. The van der Waals surface area contributed by atoms with Crippen LogP contribution in [-0.4, -0.2) is 76.3 Å². The van der Waals surface area contributed by atoms with E-state index < -0.39 is 48.5 Å². The van der Waals surface area contributed by atoms with E-state index in [0.717, 1.165) is 28.2 Å². The zero-order valence-electron chi connectivity index (χ0n) is 21.1. The molecule has 10 nitrogen and oxygen atoms in total. The minimum atomic E-state index is -0.973. The number of ether oxygens (including phenoxy) is 1. The molecule has 194 valence electrons. The van der Waals surface area contributed by atoms with Crippen molar-refractivity contribution >= 4 is 29.8 Å². The molecular weight excluding hydrogens is 464 g/mol. The summed E-state index contributed by atoms with van der Waals surface area (Å²) in [4.78, 5) is 66.6. The van der Waals surface area contributed by atoms with Crippen molar-refractivity contribution in [3.05, 3.63) is 35.9 Å². The predicted molar refractivity (Wildman–Crippen MR) is 129 cm³/mol. The van der Waals surface area contributed by atoms with Crippen LogP contribution in [0.4, 0.5) is 9.59 Å². The number of imide groups is 2. The van der Waals surface area contributed by atoms with Crippen LogP contribution < -0.4 is 5.32 Å². The van der Waals surface area contributed by atoms with Crippen LogP contribution in [0.5, 0.6) is 0 Å². The summed E-state index contributed by atoms with van der Waals surface area (Å²) in [6.07, 6.45) is 2.68. The van der Waals surface area contributed by atoms with Crippen molar-refractivity contribution in [3.63, 3.8) is 0 Å². The number of nitrogens with one attached hydrogen (secondary N) is 1. The molecule has 10 heteroatoms. The zero-order valence-corrected chi connectivity index (χ0v) is 21.1. The van der Waals surface area contributed by atoms with E-state index in [2.05, 4.69) is 26.1 Å². The molecule has 1 saturated carbocycles. The molecule has 4 rings (SSSR count). The van der Waals surface area contributed by atoms with E-state index in [1.165, 1.54) is 0 Å². The molecule has 1 N–H and O–H groups in total. The Morgan fingerprint density at radius 1 is 1.06 bits per heavy atom. The number of rotatable bonds is 6. The van der Waals surface area contributed by atoms with Crippen molar-refractivity contribution in [1.82, 2.24) is 20.0 Å². The number of amides is 6. The second-order valence-electron chi connectivity index (χ2n) is 10.9. The number of carbonyl (C=O) groups is 5. The van der Waals surface area contributed by atoms with E-state index in [-0.39, 0.29) is 12.0 Å². The Morgan fingerprint density at radius 2 is 1.72 bits per heavy atom. The highest BCUT2D eigenvalue weighted by atomic mass is 16.5. The number of hydrogen-bond acceptors (Lipinski definition) is 6. The molecule has 1 aromatic rings. The summed E-state index contributed by atoms with van der Waals surface area (Å²) in [5, 5.41) is 2.79. The maximum absolute atomic E-state index is 13.1. The SMILES string of the molecule is CC(C)(C)C1CCC2(CC1)NC(=O)N(CC(=O)OCC(=O)N1CCN(Cc3ccccc3)C1=O)C2=O. The van der Waals surface area contributed by atoms with Gasteiger partial charge in [-0.3, -0.25) is 24.2 Å². The number of hydrogen-bond donors (Lipinski definition) is 1. The molecule has 0 bridgehead atoms. The van der Waals surface area contributed by atoms with E-state index in [0.29, 0.717) is 31.8 Å². The number of nitrogens with zero attached hydrogens (tertiary/aromatic N) is 3. The Bertz CT molecular complexity index is 1040. The highest BCUT2D eigenvalue weighted by Gasteiger charge is 2.53. The Morgan fingerprint density at radius 3 is 2.36 bits per heavy atom. The summed E-state index contributed by atoms with van der Waals surface area (Å²) in [6.45, 7) is 6.28. The first-order valence-corrected chi connectivity index (χ1v) is 12.4. The van der Waals surface area contributed by atoms with Crippen molar-refractivity contribution in [1.29, 1.82) is 0 Å². The fraction of sp³-hybridized carbons (Fsp3) is 0.577. The van der Waals surface area contributed by atoms with Crippen LogP contribution in [-0.2, 0) is 25.7 Å². The number of esters is 1. The van der Waals surface area contributed by atoms with Gasteiger partial charge in [0.1, 0.15) is 12.1 Å². The van der Waals surface area contributed by atoms with Gasteiger partial charge in [0.2, 0.25) is 0 Å². The standard InChI is InChI=1S/C26H34N4O6/c1-25(2,3)19-9-11-26(12-10-19)22(33)30(23(34)27-26)16-21(32)36-17-20(31)29-14-13-28(24(29)35)15-18-7-5-4-6-8-18/h4-8,19H,9-17H2,1-3H3,(H,27,34). The van der Waals surface area contributed by atoms with Crippen molar-refractivity contribution in [2.75, 3.05) is 26.2 Å². The average Bonchev–Trinajstić information content (AvgIpc) is 3.30. The van der Waals surface area contributed by atoms with Crippen molar-refractivity contribution in [3.8, 4) is 0 Å². The molecule has 0 atom stereocenters. The maximum Gasteiger partial charge on any atom is 0.327 e. The molecule has 0 unspecified atom stereocenters. The molecule has 1 aliphatic carbocycles. The molecule has 3 fully saturated rings. The molecule has 36 heavy (non-hydrogen) atoms. The van der Waals surface area contributed by atoms with Gasteiger partial charge < -0.3 is 15.0 Å². The third-order valence-corrected chi connectivity index (χ3v) is 7.57. The van der Waals surface area contributed by atoms with Crippen molar-refractivity contribution in [2.24, 2.45) is 11.3 Å². The molecule has 2 saturated heterocycles. The highest BCUT2D eigenvalue weighted by Crippen LogP contribution is 2.43. The van der Waals surface area contributed by atoms with E-state index in [1.807, 2.05) is 30.3 Å². The Labute approximate surface area is 210 Å². The van der Waals surface area contributed by atoms with Gasteiger partial charge in [0.15, 0.2) is 6.61 Å². The lowest BCUT2D eigenvalue weighted by atomic mass is 9.67. The maximum atomic E-state index is 13.1. The first-order chi connectivity index (χ1) is 17.0. The fourth-order valence-electron chi connectivity index (χ4n) is 5.29. The predicted octanol–water partition coefficient (Wildman–Crippen LogP) is 2.52. The van der Waals surface area contributed by atoms with Gasteiger partial charge in [-0.15, -0.1) is 0 Å². The second-order valence-corrected chi connectivity index (χ2v) is 10.9. The Hall–Kier alpha value is -3.43. The third kappa shape index (κ3) is 5.22. The van der Waals surface area contributed by atoms with Gasteiger partial charge in [-0.25, -0.2) is 9.59 Å². The van der Waals surface area contributed by atoms with Crippen LogP contribution >= 0.6 is 0 Å². The summed E-state index contributed by atoms with van der Waals surface area (Å²) in [5.41, 5.74) is 0.0994. The largest absolute Gasteiger partial charge is 0.454 e. The zero-order chi connectivity index (χ0) is 26.1. The van der Waals surface area contributed by atoms with Crippen LogP contribution in [0.15, 0.2) is 30.3 Å². The lowest BCUT2D eigenvalue weighted by Crippen LogP contribution is -2.50. The monoisotopic (exact) mass is 498 g/mol. The van der Waals surface area contributed by atoms with Gasteiger partial charge in [-0.2, -0.15) is 0 Å². The van der Waals surface area contributed by atoms with Crippen LogP contribution in [0.25, 0.3) is 0 Å². The number of urea groups is 2. The molecular formula is C26H34N4O6. The summed E-state index contributed by atoms with van der Waals surface area (Å²) in [6, 6.07) is 8.37. The normalized spacial score (nSPS) is 24.5. The van der Waals surface area contributed by atoms with Crippen LogP contribution in [0.3, 0.4) is 0 Å². The third-order valence-electron chi connectivity index (χ3n) is 7.57. The first-order valence-electron chi connectivity index (χ1n) is 12.4. The minimum Gasteiger partial charge on any atom is -0.454 e.